The Hall–Kier alpha value is -1.50. The van der Waals surface area contributed by atoms with Gasteiger partial charge in [0.25, 0.3) is 0 Å². The average Bonchev–Trinajstić information content (AvgIpc) is 3.32. The summed E-state index contributed by atoms with van der Waals surface area (Å²) >= 11 is 0. The van der Waals surface area contributed by atoms with Crippen molar-refractivity contribution >= 4 is 11.9 Å². The van der Waals surface area contributed by atoms with Gasteiger partial charge in [-0.25, -0.2) is 0 Å². The van der Waals surface area contributed by atoms with Gasteiger partial charge >= 0.3 is 11.9 Å². The van der Waals surface area contributed by atoms with E-state index >= 15 is 0 Å². The second-order valence-corrected chi connectivity index (χ2v) is 19.4. The van der Waals surface area contributed by atoms with Crippen molar-refractivity contribution in [3.63, 3.8) is 0 Å². The first-order valence-corrected chi connectivity index (χ1v) is 27.1. The molecule has 15 heteroatoms. The molecule has 0 aliphatic carbocycles. The Bertz CT molecular complexity index is 1180. The predicted octanol–water partition coefficient (Wildman–Crippen LogP) is 8.00. The molecule has 7 N–H and O–H groups in total. The molecule has 396 valence electrons. The van der Waals surface area contributed by atoms with Gasteiger partial charge in [-0.2, -0.15) is 0 Å². The van der Waals surface area contributed by atoms with E-state index in [0.717, 1.165) is 38.5 Å². The molecular formula is C52H98O15. The molecular weight excluding hydrogens is 865 g/mol. The molecule has 15 nitrogen and oxygen atoms in total. The highest BCUT2D eigenvalue weighted by Crippen LogP contribution is 2.27. The van der Waals surface area contributed by atoms with Crippen LogP contribution >= 0.6 is 0 Å². The molecule has 2 heterocycles. The molecule has 2 saturated heterocycles. The van der Waals surface area contributed by atoms with E-state index in [1.165, 1.54) is 148 Å². The first-order valence-electron chi connectivity index (χ1n) is 27.1. The second-order valence-electron chi connectivity index (χ2n) is 19.4. The minimum atomic E-state index is -1.76. The van der Waals surface area contributed by atoms with Gasteiger partial charge in [-0.15, -0.1) is 0 Å². The summed E-state index contributed by atoms with van der Waals surface area (Å²) in [6.07, 6.45) is 21.3. The molecule has 0 amide bonds. The fourth-order valence-corrected chi connectivity index (χ4v) is 8.87. The standard InChI is InChI=1S/C52H98O15/c1-3-5-7-9-11-13-15-17-18-19-20-21-22-23-25-26-28-30-32-34-43(54)62-37-40(65-44(55)35-33-31-29-27-24-16-14-12-10-8-6-4-2)38-63-51-50(61)48(59)46(57)42(67-51)39-64-52-49(60)47(58)45(56)41(36-53)66-52/h40-42,45-53,56-61H,3-39H2,1-2H3/t40-,41+,42+,45-,46-,47?,48?,49?,50?,51+,52+/m0/s1. The monoisotopic (exact) mass is 963 g/mol. The zero-order valence-electron chi connectivity index (χ0n) is 41.9. The lowest BCUT2D eigenvalue weighted by molar-refractivity contribution is -0.332. The maximum Gasteiger partial charge on any atom is 0.306 e. The Labute approximate surface area is 404 Å². The van der Waals surface area contributed by atoms with Crippen LogP contribution in [0, 0.1) is 0 Å². The van der Waals surface area contributed by atoms with Gasteiger partial charge in [0.15, 0.2) is 18.7 Å². The fraction of sp³-hybridized carbons (Fsp3) is 0.962. The maximum absolute atomic E-state index is 13.0. The summed E-state index contributed by atoms with van der Waals surface area (Å²) in [4.78, 5) is 25.8. The van der Waals surface area contributed by atoms with Gasteiger partial charge < -0.3 is 64.2 Å². The van der Waals surface area contributed by atoms with E-state index in [-0.39, 0.29) is 26.1 Å². The van der Waals surface area contributed by atoms with Gasteiger partial charge in [-0.05, 0) is 12.8 Å². The van der Waals surface area contributed by atoms with Crippen LogP contribution < -0.4 is 0 Å². The SMILES string of the molecule is CCCCCCCCCCCCCCCCCCCCCC(=O)OC[C@@H](CO[C@@H]1O[C@H](CO[C@@H]2O[C@H](CO)[C@H](O)C(O)C2O)[C@H](O)C(O)C1O)OC(=O)CCCCCCCCCCCCCC. The zero-order valence-corrected chi connectivity index (χ0v) is 41.9. The third-order valence-corrected chi connectivity index (χ3v) is 13.3. The number of carbonyl (C=O) groups excluding carboxylic acids is 2. The lowest BCUT2D eigenvalue weighted by Crippen LogP contribution is -2.61. The molecule has 11 atom stereocenters. The Kier molecular flexibility index (Phi) is 36.9. The molecule has 2 aliphatic rings. The van der Waals surface area contributed by atoms with Crippen molar-refractivity contribution in [1.29, 1.82) is 0 Å². The quantitative estimate of drug-likeness (QED) is 0.0227. The summed E-state index contributed by atoms with van der Waals surface area (Å²) in [6.45, 7) is 2.63. The minimum absolute atomic E-state index is 0.173. The summed E-state index contributed by atoms with van der Waals surface area (Å²) in [5.41, 5.74) is 0. The van der Waals surface area contributed by atoms with Crippen molar-refractivity contribution in [3.05, 3.63) is 0 Å². The Morgan fingerprint density at radius 2 is 0.761 bits per heavy atom. The summed E-state index contributed by atoms with van der Waals surface area (Å²) in [5, 5.41) is 72.1. The average molecular weight is 963 g/mol. The summed E-state index contributed by atoms with van der Waals surface area (Å²) in [7, 11) is 0. The maximum atomic E-state index is 13.0. The molecule has 67 heavy (non-hydrogen) atoms. The van der Waals surface area contributed by atoms with Crippen LogP contribution in [-0.2, 0) is 38.0 Å². The van der Waals surface area contributed by atoms with Crippen LogP contribution in [0.1, 0.15) is 226 Å². The summed E-state index contributed by atoms with van der Waals surface area (Å²) in [5.74, 6) is -0.909. The number of aliphatic hydroxyl groups excluding tert-OH is 7. The number of esters is 2. The van der Waals surface area contributed by atoms with Gasteiger partial charge in [0.05, 0.1) is 19.8 Å². The van der Waals surface area contributed by atoms with Crippen molar-refractivity contribution in [3.8, 4) is 0 Å². The van der Waals surface area contributed by atoms with Gasteiger partial charge in [0.2, 0.25) is 0 Å². The van der Waals surface area contributed by atoms with Gasteiger partial charge in [-0.3, -0.25) is 9.59 Å². The molecule has 0 radical (unpaired) electrons. The lowest BCUT2D eigenvalue weighted by Gasteiger charge is -2.42. The lowest BCUT2D eigenvalue weighted by atomic mass is 9.98. The number of aliphatic hydroxyl groups is 7. The fourth-order valence-electron chi connectivity index (χ4n) is 8.87. The molecule has 0 bridgehead atoms. The molecule has 0 spiro atoms. The molecule has 0 aromatic heterocycles. The number of unbranched alkanes of at least 4 members (excludes halogenated alkanes) is 29. The van der Waals surface area contributed by atoms with Crippen LogP contribution in [0.2, 0.25) is 0 Å². The first-order chi connectivity index (χ1) is 32.5. The van der Waals surface area contributed by atoms with Crippen LogP contribution in [-0.4, -0.2) is 142 Å². The predicted molar refractivity (Wildman–Crippen MR) is 257 cm³/mol. The van der Waals surface area contributed by atoms with Crippen molar-refractivity contribution < 1.29 is 73.8 Å². The third kappa shape index (κ3) is 28.2. The van der Waals surface area contributed by atoms with Crippen molar-refractivity contribution in [2.24, 2.45) is 0 Å². The number of carbonyl (C=O) groups is 2. The summed E-state index contributed by atoms with van der Waals surface area (Å²) < 4.78 is 33.6. The van der Waals surface area contributed by atoms with E-state index in [9.17, 15) is 45.3 Å². The highest BCUT2D eigenvalue weighted by molar-refractivity contribution is 5.70. The molecule has 2 rings (SSSR count). The van der Waals surface area contributed by atoms with Crippen LogP contribution in [0.3, 0.4) is 0 Å². The topological polar surface area (TPSA) is 231 Å². The van der Waals surface area contributed by atoms with Crippen LogP contribution in [0.25, 0.3) is 0 Å². The second kappa shape index (κ2) is 40.1. The van der Waals surface area contributed by atoms with E-state index in [1.54, 1.807) is 0 Å². The Morgan fingerprint density at radius 3 is 1.16 bits per heavy atom. The molecule has 0 aromatic carbocycles. The van der Waals surface area contributed by atoms with Crippen LogP contribution in [0.15, 0.2) is 0 Å². The van der Waals surface area contributed by atoms with E-state index in [1.807, 2.05) is 0 Å². The smallest absolute Gasteiger partial charge is 0.306 e. The highest BCUT2D eigenvalue weighted by atomic mass is 16.7. The van der Waals surface area contributed by atoms with Gasteiger partial charge in [0, 0.05) is 12.8 Å². The highest BCUT2D eigenvalue weighted by Gasteiger charge is 2.47. The molecule has 2 aliphatic heterocycles. The van der Waals surface area contributed by atoms with E-state index in [2.05, 4.69) is 13.8 Å². The van der Waals surface area contributed by atoms with Gasteiger partial charge in [0.1, 0.15) is 55.4 Å². The molecule has 0 saturated carbocycles. The van der Waals surface area contributed by atoms with E-state index < -0.39 is 92.7 Å². The van der Waals surface area contributed by atoms with Crippen molar-refractivity contribution in [2.45, 2.75) is 293 Å². The van der Waals surface area contributed by atoms with Crippen LogP contribution in [0.5, 0.6) is 0 Å². The normalized spacial score (nSPS) is 25.9. The van der Waals surface area contributed by atoms with E-state index in [0.29, 0.717) is 12.8 Å². The summed E-state index contributed by atoms with van der Waals surface area (Å²) in [6, 6.07) is 0. The molecule has 4 unspecified atom stereocenters. The van der Waals surface area contributed by atoms with Crippen molar-refractivity contribution in [2.75, 3.05) is 26.4 Å². The molecule has 0 aromatic rings. The molecule has 2 fully saturated rings. The van der Waals surface area contributed by atoms with E-state index in [4.69, 9.17) is 28.4 Å². The minimum Gasteiger partial charge on any atom is -0.462 e. The van der Waals surface area contributed by atoms with Crippen molar-refractivity contribution in [1.82, 2.24) is 0 Å². The Balaban J connectivity index is 1.76. The third-order valence-electron chi connectivity index (χ3n) is 13.3. The Morgan fingerprint density at radius 1 is 0.418 bits per heavy atom. The first kappa shape index (κ1) is 61.6. The number of ether oxygens (including phenoxy) is 6. The van der Waals surface area contributed by atoms with Crippen LogP contribution in [0.4, 0.5) is 0 Å². The zero-order chi connectivity index (χ0) is 48.9. The number of hydrogen-bond donors (Lipinski definition) is 7. The largest absolute Gasteiger partial charge is 0.462 e. The number of hydrogen-bond acceptors (Lipinski definition) is 15. The number of rotatable bonds is 43. The van der Waals surface area contributed by atoms with Gasteiger partial charge in [-0.1, -0.05) is 200 Å².